The van der Waals surface area contributed by atoms with Crippen molar-refractivity contribution in [3.63, 3.8) is 0 Å². The molecule has 1 radical (unpaired) electrons. The molecular weight excluding hydrogens is 384 g/mol. The Morgan fingerprint density at radius 3 is 2.38 bits per heavy atom. The van der Waals surface area contributed by atoms with Crippen molar-refractivity contribution in [3.05, 3.63) is 54.1 Å². The van der Waals surface area contributed by atoms with Crippen molar-refractivity contribution in [1.29, 1.82) is 0 Å². The van der Waals surface area contributed by atoms with Crippen LogP contribution in [0.3, 0.4) is 0 Å². The molecule has 0 N–H and O–H groups in total. The molecule has 2 aromatic carbocycles. The molecule has 0 saturated heterocycles. The number of rotatable bonds is 12. The number of nitrogens with zero attached hydrogens (tertiary/aromatic N) is 2. The minimum absolute atomic E-state index is 0.480. The third kappa shape index (κ3) is 5.71. The minimum Gasteiger partial charge on any atom is -0.493 e. The number of para-hydroxylation sites is 1. The first-order valence-corrected chi connectivity index (χ1v) is 10.6. The molecule has 6 heteroatoms. The molecule has 0 amide bonds. The first-order valence-electron chi connectivity index (χ1n) is 9.86. The summed E-state index contributed by atoms with van der Waals surface area (Å²) in [7, 11) is 1.74. The molecule has 0 fully saturated rings. The second-order valence-electron chi connectivity index (χ2n) is 6.70. The third-order valence-corrected chi connectivity index (χ3v) is 5.42. The van der Waals surface area contributed by atoms with Crippen LogP contribution in [0.15, 0.2) is 48.5 Å². The first kappa shape index (κ1) is 21.1. The van der Waals surface area contributed by atoms with E-state index in [-0.39, 0.29) is 0 Å². The lowest BCUT2D eigenvalue weighted by atomic mass is 10.0. The van der Waals surface area contributed by atoms with Gasteiger partial charge in [0.1, 0.15) is 11.4 Å². The average Bonchev–Trinajstić information content (AvgIpc) is 3.25. The highest BCUT2D eigenvalue weighted by Crippen LogP contribution is 2.39. The highest BCUT2D eigenvalue weighted by atomic mass is 32.1. The SMILES string of the molecule is COCCCCCCCOc1ccccc1-c1snnc1-c1ccccc1[C]=O. The predicted molar refractivity (Wildman–Crippen MR) is 116 cm³/mol. The number of unbranched alkanes of at least 4 members (excludes halogenated alkanes) is 4. The van der Waals surface area contributed by atoms with Crippen molar-refractivity contribution in [1.82, 2.24) is 9.59 Å². The van der Waals surface area contributed by atoms with Crippen LogP contribution in [0.1, 0.15) is 37.7 Å². The summed E-state index contributed by atoms with van der Waals surface area (Å²) >= 11 is 1.30. The average molecular weight is 410 g/mol. The van der Waals surface area contributed by atoms with Crippen LogP contribution in [-0.4, -0.2) is 36.2 Å². The van der Waals surface area contributed by atoms with E-state index >= 15 is 0 Å². The fraction of sp³-hybridized carbons (Fsp3) is 0.348. The Kier molecular flexibility index (Phi) is 8.34. The van der Waals surface area contributed by atoms with Crippen LogP contribution >= 0.6 is 11.5 Å². The molecule has 1 heterocycles. The van der Waals surface area contributed by atoms with Crippen LogP contribution in [0, 0.1) is 0 Å². The van der Waals surface area contributed by atoms with Gasteiger partial charge >= 0.3 is 0 Å². The molecule has 0 aliphatic rings. The summed E-state index contributed by atoms with van der Waals surface area (Å²) in [5.74, 6) is 0.812. The smallest absolute Gasteiger partial charge is 0.234 e. The second kappa shape index (κ2) is 11.4. The number of hydrogen-bond acceptors (Lipinski definition) is 6. The van der Waals surface area contributed by atoms with Gasteiger partial charge in [0.2, 0.25) is 6.29 Å². The fourth-order valence-corrected chi connectivity index (χ4v) is 3.87. The zero-order chi connectivity index (χ0) is 20.3. The topological polar surface area (TPSA) is 61.3 Å². The van der Waals surface area contributed by atoms with Gasteiger partial charge in [-0.25, -0.2) is 0 Å². The highest BCUT2D eigenvalue weighted by Gasteiger charge is 2.18. The monoisotopic (exact) mass is 409 g/mol. The van der Waals surface area contributed by atoms with Crippen molar-refractivity contribution in [3.8, 4) is 27.4 Å². The molecule has 0 saturated carbocycles. The van der Waals surface area contributed by atoms with Gasteiger partial charge in [0, 0.05) is 30.4 Å². The van der Waals surface area contributed by atoms with Crippen molar-refractivity contribution < 1.29 is 14.3 Å². The number of aromatic nitrogens is 2. The van der Waals surface area contributed by atoms with E-state index in [1.54, 1.807) is 13.2 Å². The van der Waals surface area contributed by atoms with Crippen LogP contribution in [0.5, 0.6) is 5.75 Å². The molecule has 5 nitrogen and oxygen atoms in total. The van der Waals surface area contributed by atoms with Crippen molar-refractivity contribution in [2.24, 2.45) is 0 Å². The van der Waals surface area contributed by atoms with Crippen LogP contribution in [0.25, 0.3) is 21.7 Å². The summed E-state index contributed by atoms with van der Waals surface area (Å²) in [4.78, 5) is 12.2. The van der Waals surface area contributed by atoms with Gasteiger partial charge in [-0.05, 0) is 36.5 Å². The number of hydrogen-bond donors (Lipinski definition) is 0. The maximum absolute atomic E-state index is 11.3. The maximum atomic E-state index is 11.3. The Morgan fingerprint density at radius 1 is 0.897 bits per heavy atom. The van der Waals surface area contributed by atoms with Crippen molar-refractivity contribution >= 4 is 17.8 Å². The van der Waals surface area contributed by atoms with Crippen LogP contribution in [-0.2, 0) is 9.53 Å². The van der Waals surface area contributed by atoms with Crippen molar-refractivity contribution in [2.75, 3.05) is 20.3 Å². The Hall–Kier alpha value is -2.57. The molecule has 0 unspecified atom stereocenters. The molecule has 1 aromatic heterocycles. The van der Waals surface area contributed by atoms with Gasteiger partial charge in [-0.1, -0.05) is 60.1 Å². The van der Waals surface area contributed by atoms with E-state index in [2.05, 4.69) is 9.59 Å². The first-order chi connectivity index (χ1) is 14.3. The zero-order valence-electron chi connectivity index (χ0n) is 16.6. The molecule has 3 aromatic rings. The summed E-state index contributed by atoms with van der Waals surface area (Å²) in [5.41, 5.74) is 2.84. The Labute approximate surface area is 175 Å². The summed E-state index contributed by atoms with van der Waals surface area (Å²) in [5, 5.41) is 4.28. The summed E-state index contributed by atoms with van der Waals surface area (Å²) in [6.45, 7) is 1.50. The predicted octanol–water partition coefficient (Wildman–Crippen LogP) is 5.31. The van der Waals surface area contributed by atoms with Gasteiger partial charge < -0.3 is 9.47 Å². The van der Waals surface area contributed by atoms with E-state index in [9.17, 15) is 4.79 Å². The molecule has 0 aliphatic carbocycles. The molecule has 151 valence electrons. The maximum Gasteiger partial charge on any atom is 0.234 e. The lowest BCUT2D eigenvalue weighted by molar-refractivity contribution is 0.191. The van der Waals surface area contributed by atoms with E-state index < -0.39 is 0 Å². The van der Waals surface area contributed by atoms with Gasteiger partial charge in [-0.3, -0.25) is 4.79 Å². The van der Waals surface area contributed by atoms with Gasteiger partial charge in [-0.2, -0.15) is 0 Å². The van der Waals surface area contributed by atoms with Crippen molar-refractivity contribution in [2.45, 2.75) is 32.1 Å². The number of methoxy groups -OCH3 is 1. The Morgan fingerprint density at radius 2 is 1.59 bits per heavy atom. The Bertz CT molecular complexity index is 910. The molecule has 3 rings (SSSR count). The van der Waals surface area contributed by atoms with Gasteiger partial charge in [-0.15, -0.1) is 5.10 Å². The molecule has 0 spiro atoms. The minimum atomic E-state index is 0.480. The standard InChI is InChI=1S/C23H25N2O3S/c1-27-15-9-3-2-4-10-16-28-21-14-8-7-13-20(21)23-22(24-25-29-23)19-12-6-5-11-18(19)17-26/h5-8,11-14H,2-4,9-10,15-16H2,1H3. The van der Waals surface area contributed by atoms with Gasteiger partial charge in [0.05, 0.1) is 11.5 Å². The summed E-state index contributed by atoms with van der Waals surface area (Å²) in [6, 6.07) is 15.2. The fourth-order valence-electron chi connectivity index (χ4n) is 3.16. The number of carbonyl (C=O) groups excluding carboxylic acids is 1. The van der Waals surface area contributed by atoms with E-state index in [1.807, 2.05) is 48.8 Å². The van der Waals surface area contributed by atoms with Crippen LogP contribution in [0.4, 0.5) is 0 Å². The third-order valence-electron chi connectivity index (χ3n) is 4.66. The van der Waals surface area contributed by atoms with Gasteiger partial charge in [0.25, 0.3) is 0 Å². The highest BCUT2D eigenvalue weighted by molar-refractivity contribution is 7.10. The largest absolute Gasteiger partial charge is 0.493 e. The molecule has 0 atom stereocenters. The Balaban J connectivity index is 1.69. The molecule has 29 heavy (non-hydrogen) atoms. The number of ether oxygens (including phenoxy) is 2. The summed E-state index contributed by atoms with van der Waals surface area (Å²) < 4.78 is 15.3. The lowest BCUT2D eigenvalue weighted by Crippen LogP contribution is -1.99. The van der Waals surface area contributed by atoms with Gasteiger partial charge in [0.15, 0.2) is 0 Å². The number of benzene rings is 2. The van der Waals surface area contributed by atoms with E-state index in [4.69, 9.17) is 9.47 Å². The van der Waals surface area contributed by atoms with Crippen LogP contribution in [0.2, 0.25) is 0 Å². The molecular formula is C23H25N2O3S. The van der Waals surface area contributed by atoms with E-state index in [0.717, 1.165) is 47.6 Å². The molecule has 0 aliphatic heterocycles. The van der Waals surface area contributed by atoms with E-state index in [0.29, 0.717) is 17.9 Å². The normalized spacial score (nSPS) is 10.8. The lowest BCUT2D eigenvalue weighted by Gasteiger charge is -2.11. The second-order valence-corrected chi connectivity index (χ2v) is 7.46. The molecule has 0 bridgehead atoms. The van der Waals surface area contributed by atoms with E-state index in [1.165, 1.54) is 24.4 Å². The van der Waals surface area contributed by atoms with Crippen LogP contribution < -0.4 is 4.74 Å². The zero-order valence-corrected chi connectivity index (χ0v) is 17.4. The summed E-state index contributed by atoms with van der Waals surface area (Å²) in [6.07, 6.45) is 7.63. The quantitative estimate of drug-likeness (QED) is 0.380.